The molecule has 0 aromatic heterocycles. The van der Waals surface area contributed by atoms with Crippen molar-refractivity contribution in [2.24, 2.45) is 4.99 Å². The molecule has 0 spiro atoms. The van der Waals surface area contributed by atoms with Gasteiger partial charge >= 0.3 is 0 Å². The smallest absolute Gasteiger partial charge is 0.191 e. The van der Waals surface area contributed by atoms with Crippen molar-refractivity contribution >= 4 is 29.9 Å². The highest BCUT2D eigenvalue weighted by Gasteiger charge is 2.39. The van der Waals surface area contributed by atoms with Gasteiger partial charge in [-0.1, -0.05) is 12.1 Å². The van der Waals surface area contributed by atoms with Crippen LogP contribution >= 0.6 is 24.0 Å². The highest BCUT2D eigenvalue weighted by atomic mass is 127. The van der Waals surface area contributed by atoms with Crippen LogP contribution in [0, 0.1) is 0 Å². The maximum Gasteiger partial charge on any atom is 0.191 e. The molecule has 0 radical (unpaired) electrons. The van der Waals surface area contributed by atoms with E-state index in [0.717, 1.165) is 50.9 Å². The van der Waals surface area contributed by atoms with Crippen LogP contribution < -0.4 is 15.4 Å². The van der Waals surface area contributed by atoms with E-state index in [1.54, 1.807) is 7.11 Å². The summed E-state index contributed by atoms with van der Waals surface area (Å²) in [7, 11) is 1.69. The Morgan fingerprint density at radius 1 is 1.14 bits per heavy atom. The van der Waals surface area contributed by atoms with Crippen LogP contribution in [0.1, 0.15) is 38.2 Å². The Hall–Kier alpha value is -1.06. The molecule has 2 aliphatic rings. The second-order valence-corrected chi connectivity index (χ2v) is 7.43. The molecule has 0 saturated carbocycles. The van der Waals surface area contributed by atoms with Gasteiger partial charge in [-0.25, -0.2) is 4.99 Å². The molecule has 2 heterocycles. The monoisotopic (exact) mass is 502 g/mol. The predicted molar refractivity (Wildman–Crippen MR) is 125 cm³/mol. The van der Waals surface area contributed by atoms with Crippen LogP contribution in [0.2, 0.25) is 0 Å². The quantitative estimate of drug-likeness (QED) is 0.341. The highest BCUT2D eigenvalue weighted by Crippen LogP contribution is 2.30. The molecule has 0 amide bonds. The van der Waals surface area contributed by atoms with Crippen molar-refractivity contribution in [3.63, 3.8) is 0 Å². The van der Waals surface area contributed by atoms with Gasteiger partial charge < -0.3 is 20.1 Å². The van der Waals surface area contributed by atoms with E-state index < -0.39 is 0 Å². The molecule has 7 heteroatoms. The first-order chi connectivity index (χ1) is 13.3. The molecule has 2 N–H and O–H groups in total. The normalized spacial score (nSPS) is 19.7. The van der Waals surface area contributed by atoms with Gasteiger partial charge in [-0.15, -0.1) is 24.0 Å². The molecule has 158 valence electrons. The number of ether oxygens (including phenoxy) is 2. The summed E-state index contributed by atoms with van der Waals surface area (Å²) in [6, 6.07) is 8.09. The number of benzene rings is 1. The zero-order valence-electron chi connectivity index (χ0n) is 17.2. The predicted octanol–water partition coefficient (Wildman–Crippen LogP) is 3.01. The summed E-state index contributed by atoms with van der Waals surface area (Å²) in [6.07, 6.45) is 4.82. The van der Waals surface area contributed by atoms with E-state index in [2.05, 4.69) is 34.6 Å². The fourth-order valence-electron chi connectivity index (χ4n) is 4.04. The summed E-state index contributed by atoms with van der Waals surface area (Å²) in [5.41, 5.74) is 1.37. The summed E-state index contributed by atoms with van der Waals surface area (Å²) >= 11 is 0. The number of likely N-dealkylation sites (tertiary alicyclic amines) is 1. The minimum atomic E-state index is 0. The number of hydrogen-bond donors (Lipinski definition) is 2. The van der Waals surface area contributed by atoms with Crippen LogP contribution in [0.4, 0.5) is 0 Å². The number of guanidine groups is 1. The minimum absolute atomic E-state index is 0. The zero-order chi connectivity index (χ0) is 19.0. The van der Waals surface area contributed by atoms with Crippen molar-refractivity contribution in [1.82, 2.24) is 15.5 Å². The molecule has 2 aliphatic heterocycles. The Balaban J connectivity index is 0.00000280. The number of nitrogens with zero attached hydrogens (tertiary/aromatic N) is 2. The summed E-state index contributed by atoms with van der Waals surface area (Å²) in [5, 5.41) is 7.01. The van der Waals surface area contributed by atoms with Crippen LogP contribution in [0.3, 0.4) is 0 Å². The van der Waals surface area contributed by atoms with Crippen molar-refractivity contribution in [1.29, 1.82) is 0 Å². The number of halogens is 1. The van der Waals surface area contributed by atoms with Crippen LogP contribution in [0.5, 0.6) is 5.75 Å². The molecule has 6 nitrogen and oxygen atoms in total. The summed E-state index contributed by atoms with van der Waals surface area (Å²) < 4.78 is 10.9. The first kappa shape index (κ1) is 23.2. The first-order valence-electron chi connectivity index (χ1n) is 10.2. The molecule has 0 atom stereocenters. The van der Waals surface area contributed by atoms with E-state index in [0.29, 0.717) is 6.54 Å². The molecular weight excluding hydrogens is 467 g/mol. The Bertz CT molecular complexity index is 597. The molecule has 0 bridgehead atoms. The molecule has 0 unspecified atom stereocenters. The van der Waals surface area contributed by atoms with E-state index in [-0.39, 0.29) is 29.5 Å². The van der Waals surface area contributed by atoms with Gasteiger partial charge in [-0.2, -0.15) is 0 Å². The van der Waals surface area contributed by atoms with Gasteiger partial charge in [-0.05, 0) is 63.4 Å². The van der Waals surface area contributed by atoms with Crippen molar-refractivity contribution < 1.29 is 9.47 Å². The lowest BCUT2D eigenvalue weighted by Gasteiger charge is -2.45. The summed E-state index contributed by atoms with van der Waals surface area (Å²) in [4.78, 5) is 7.46. The number of methoxy groups -OCH3 is 1. The lowest BCUT2D eigenvalue weighted by molar-refractivity contribution is -0.0164. The van der Waals surface area contributed by atoms with Crippen LogP contribution in [0.25, 0.3) is 0 Å². The molecule has 1 aromatic carbocycles. The summed E-state index contributed by atoms with van der Waals surface area (Å²) in [5.74, 6) is 1.76. The Labute approximate surface area is 186 Å². The van der Waals surface area contributed by atoms with Gasteiger partial charge in [0.25, 0.3) is 0 Å². The molecule has 2 fully saturated rings. The molecule has 3 rings (SSSR count). The third kappa shape index (κ3) is 6.22. The topological polar surface area (TPSA) is 58.1 Å². The van der Waals surface area contributed by atoms with Crippen molar-refractivity contribution in [3.8, 4) is 5.75 Å². The Kier molecular flexibility index (Phi) is 9.81. The number of rotatable bonds is 7. The molecule has 1 aromatic rings. The van der Waals surface area contributed by atoms with Gasteiger partial charge in [0.1, 0.15) is 5.75 Å². The van der Waals surface area contributed by atoms with Gasteiger partial charge in [0.15, 0.2) is 5.96 Å². The lowest BCUT2D eigenvalue weighted by Crippen LogP contribution is -2.58. The molecule has 0 aliphatic carbocycles. The average molecular weight is 502 g/mol. The molecule has 28 heavy (non-hydrogen) atoms. The maximum atomic E-state index is 5.65. The second kappa shape index (κ2) is 11.8. The standard InChI is InChI=1S/C21H34N4O2.HI/c1-3-22-20(23-16-18-6-8-19(26-2)9-7-18)24-17-21(10-14-27-15-11-21)25-12-4-5-13-25;/h6-9H,3-5,10-17H2,1-2H3,(H2,22,23,24);1H. The van der Waals surface area contributed by atoms with E-state index in [4.69, 9.17) is 14.5 Å². The van der Waals surface area contributed by atoms with E-state index in [1.165, 1.54) is 31.5 Å². The van der Waals surface area contributed by atoms with Crippen LogP contribution in [0.15, 0.2) is 29.3 Å². The van der Waals surface area contributed by atoms with Crippen molar-refractivity contribution in [2.75, 3.05) is 46.5 Å². The van der Waals surface area contributed by atoms with Crippen LogP contribution in [-0.2, 0) is 11.3 Å². The largest absolute Gasteiger partial charge is 0.497 e. The van der Waals surface area contributed by atoms with Crippen molar-refractivity contribution in [2.45, 2.75) is 44.7 Å². The fraction of sp³-hybridized carbons (Fsp3) is 0.667. The SMILES string of the molecule is CCNC(=NCc1ccc(OC)cc1)NCC1(N2CCCC2)CCOCC1.I. The van der Waals surface area contributed by atoms with E-state index in [1.807, 2.05) is 12.1 Å². The summed E-state index contributed by atoms with van der Waals surface area (Å²) in [6.45, 7) is 8.67. The molecular formula is C21H35IN4O2. The number of nitrogens with one attached hydrogen (secondary N) is 2. The third-order valence-electron chi connectivity index (χ3n) is 5.71. The molecule has 2 saturated heterocycles. The highest BCUT2D eigenvalue weighted by molar-refractivity contribution is 14.0. The number of aliphatic imine (C=N–C) groups is 1. The Morgan fingerprint density at radius 2 is 1.82 bits per heavy atom. The average Bonchev–Trinajstić information content (AvgIpc) is 3.27. The van der Waals surface area contributed by atoms with Crippen molar-refractivity contribution in [3.05, 3.63) is 29.8 Å². The number of hydrogen-bond acceptors (Lipinski definition) is 4. The maximum absolute atomic E-state index is 5.65. The second-order valence-electron chi connectivity index (χ2n) is 7.43. The van der Waals surface area contributed by atoms with E-state index >= 15 is 0 Å². The fourth-order valence-corrected chi connectivity index (χ4v) is 4.04. The first-order valence-corrected chi connectivity index (χ1v) is 10.2. The van der Waals surface area contributed by atoms with Gasteiger partial charge in [0, 0.05) is 31.8 Å². The van der Waals surface area contributed by atoms with E-state index in [9.17, 15) is 0 Å². The Morgan fingerprint density at radius 3 is 2.43 bits per heavy atom. The third-order valence-corrected chi connectivity index (χ3v) is 5.71. The van der Waals surface area contributed by atoms with Crippen LogP contribution in [-0.4, -0.2) is 62.9 Å². The van der Waals surface area contributed by atoms with Gasteiger partial charge in [-0.3, -0.25) is 4.90 Å². The zero-order valence-corrected chi connectivity index (χ0v) is 19.5. The minimum Gasteiger partial charge on any atom is -0.497 e. The van der Waals surface area contributed by atoms with Gasteiger partial charge in [0.05, 0.1) is 13.7 Å². The van der Waals surface area contributed by atoms with Gasteiger partial charge in [0.2, 0.25) is 0 Å². The lowest BCUT2D eigenvalue weighted by atomic mass is 9.88.